The van der Waals surface area contributed by atoms with E-state index < -0.39 is 21.8 Å². The van der Waals surface area contributed by atoms with Gasteiger partial charge in [0.05, 0.1) is 17.9 Å². The van der Waals surface area contributed by atoms with E-state index >= 15 is 0 Å². The molecule has 118 valence electrons. The Morgan fingerprint density at radius 3 is 2.62 bits per heavy atom. The number of rotatable bonds is 4. The predicted octanol–water partition coefficient (Wildman–Crippen LogP) is -0.535. The normalized spacial score (nSPS) is 28.2. The number of carbonyl (C=O) groups excluding carboxylic acids is 3. The van der Waals surface area contributed by atoms with E-state index in [0.29, 0.717) is 19.4 Å². The Balaban J connectivity index is 2.00. The average molecular weight is 316 g/mol. The second-order valence-electron chi connectivity index (χ2n) is 5.64. The van der Waals surface area contributed by atoms with E-state index in [0.717, 1.165) is 0 Å². The van der Waals surface area contributed by atoms with Crippen LogP contribution in [-0.2, 0) is 24.2 Å². The second kappa shape index (κ2) is 6.13. The van der Waals surface area contributed by atoms with Gasteiger partial charge in [-0.1, -0.05) is 0 Å². The maximum absolute atomic E-state index is 12.3. The summed E-state index contributed by atoms with van der Waals surface area (Å²) in [7, 11) is -3.05. The van der Waals surface area contributed by atoms with Gasteiger partial charge in [-0.25, -0.2) is 8.42 Å². The molecule has 3 amide bonds. The van der Waals surface area contributed by atoms with Crippen LogP contribution >= 0.6 is 0 Å². The summed E-state index contributed by atoms with van der Waals surface area (Å²) in [5, 5.41) is 2.19. The maximum atomic E-state index is 12.3. The topological polar surface area (TPSA) is 101 Å². The van der Waals surface area contributed by atoms with Crippen molar-refractivity contribution in [2.45, 2.75) is 38.6 Å². The molecule has 0 bridgehead atoms. The zero-order valence-electron chi connectivity index (χ0n) is 12.0. The molecule has 7 nitrogen and oxygen atoms in total. The minimum absolute atomic E-state index is 0.0125. The number of carbonyl (C=O) groups is 3. The van der Waals surface area contributed by atoms with Crippen molar-refractivity contribution >= 4 is 27.6 Å². The molecule has 8 heteroatoms. The van der Waals surface area contributed by atoms with Gasteiger partial charge in [0.15, 0.2) is 9.84 Å². The first-order chi connectivity index (χ1) is 9.82. The van der Waals surface area contributed by atoms with Gasteiger partial charge in [0.2, 0.25) is 17.7 Å². The summed E-state index contributed by atoms with van der Waals surface area (Å²) in [6.07, 6.45) is 1.39. The van der Waals surface area contributed by atoms with Crippen molar-refractivity contribution in [1.82, 2.24) is 10.2 Å². The molecule has 2 fully saturated rings. The third-order valence-electron chi connectivity index (χ3n) is 4.00. The van der Waals surface area contributed by atoms with Gasteiger partial charge < -0.3 is 4.90 Å². The van der Waals surface area contributed by atoms with Crippen LogP contribution in [-0.4, -0.2) is 55.1 Å². The number of imide groups is 1. The highest BCUT2D eigenvalue weighted by Gasteiger charge is 2.38. The SMILES string of the molecule is CCN(C(=O)CC1CCCS(=O)(=O)C1)C1CC(=O)NC1=O. The van der Waals surface area contributed by atoms with Crippen LogP contribution in [0.15, 0.2) is 0 Å². The zero-order chi connectivity index (χ0) is 15.6. The highest BCUT2D eigenvalue weighted by molar-refractivity contribution is 7.91. The van der Waals surface area contributed by atoms with Gasteiger partial charge in [-0.2, -0.15) is 0 Å². The van der Waals surface area contributed by atoms with Gasteiger partial charge in [0, 0.05) is 13.0 Å². The largest absolute Gasteiger partial charge is 0.330 e. The lowest BCUT2D eigenvalue weighted by atomic mass is 10.00. The third kappa shape index (κ3) is 3.81. The fourth-order valence-corrected chi connectivity index (χ4v) is 4.78. The summed E-state index contributed by atoms with van der Waals surface area (Å²) in [6, 6.07) is -0.754. The molecule has 0 aromatic heterocycles. The summed E-state index contributed by atoms with van der Waals surface area (Å²) < 4.78 is 23.2. The lowest BCUT2D eigenvalue weighted by molar-refractivity contribution is -0.139. The molecule has 21 heavy (non-hydrogen) atoms. The third-order valence-corrected chi connectivity index (χ3v) is 5.89. The summed E-state index contributed by atoms with van der Waals surface area (Å²) in [5.41, 5.74) is 0. The number of nitrogens with zero attached hydrogens (tertiary/aromatic N) is 1. The van der Waals surface area contributed by atoms with E-state index in [1.807, 2.05) is 0 Å². The lowest BCUT2D eigenvalue weighted by Gasteiger charge is -2.28. The van der Waals surface area contributed by atoms with Gasteiger partial charge in [0.25, 0.3) is 0 Å². The van der Waals surface area contributed by atoms with Crippen molar-refractivity contribution in [3.8, 4) is 0 Å². The molecule has 2 saturated heterocycles. The molecule has 0 radical (unpaired) electrons. The minimum Gasteiger partial charge on any atom is -0.330 e. The van der Waals surface area contributed by atoms with E-state index in [-0.39, 0.29) is 42.1 Å². The Bertz CT molecular complexity index is 557. The Hall–Kier alpha value is -1.44. The maximum Gasteiger partial charge on any atom is 0.249 e. The van der Waals surface area contributed by atoms with Crippen molar-refractivity contribution in [1.29, 1.82) is 0 Å². The molecule has 0 aromatic rings. The number of amides is 3. The van der Waals surface area contributed by atoms with Gasteiger partial charge >= 0.3 is 0 Å². The summed E-state index contributed by atoms with van der Waals surface area (Å²) in [6.45, 7) is 2.06. The van der Waals surface area contributed by atoms with Crippen molar-refractivity contribution < 1.29 is 22.8 Å². The highest BCUT2D eigenvalue weighted by Crippen LogP contribution is 2.23. The average Bonchev–Trinajstić information content (AvgIpc) is 2.68. The van der Waals surface area contributed by atoms with Crippen LogP contribution < -0.4 is 5.32 Å². The van der Waals surface area contributed by atoms with Gasteiger partial charge in [-0.15, -0.1) is 0 Å². The molecule has 0 spiro atoms. The van der Waals surface area contributed by atoms with Crippen molar-refractivity contribution in [2.75, 3.05) is 18.1 Å². The first-order valence-electron chi connectivity index (χ1n) is 7.16. The van der Waals surface area contributed by atoms with Crippen molar-refractivity contribution in [2.24, 2.45) is 5.92 Å². The Labute approximate surface area is 124 Å². The molecular weight excluding hydrogens is 296 g/mol. The lowest BCUT2D eigenvalue weighted by Crippen LogP contribution is -2.45. The standard InChI is InChI=1S/C13H20N2O5S/c1-2-15(10-7-11(16)14-13(10)18)12(17)6-9-4-3-5-21(19,20)8-9/h9-10H,2-8H2,1H3,(H,14,16,18). The zero-order valence-corrected chi connectivity index (χ0v) is 12.8. The van der Waals surface area contributed by atoms with Gasteiger partial charge in [0.1, 0.15) is 6.04 Å². The molecule has 1 N–H and O–H groups in total. The quantitative estimate of drug-likeness (QED) is 0.702. The van der Waals surface area contributed by atoms with Crippen LogP contribution in [0.1, 0.15) is 32.6 Å². The minimum atomic E-state index is -3.05. The number of hydrogen-bond acceptors (Lipinski definition) is 5. The summed E-state index contributed by atoms with van der Waals surface area (Å²) in [4.78, 5) is 36.6. The van der Waals surface area contributed by atoms with E-state index in [1.165, 1.54) is 4.90 Å². The van der Waals surface area contributed by atoms with E-state index in [2.05, 4.69) is 5.32 Å². The van der Waals surface area contributed by atoms with Crippen LogP contribution in [0.2, 0.25) is 0 Å². The van der Waals surface area contributed by atoms with Crippen LogP contribution in [0.5, 0.6) is 0 Å². The second-order valence-corrected chi connectivity index (χ2v) is 7.87. The van der Waals surface area contributed by atoms with Gasteiger partial charge in [-0.05, 0) is 25.7 Å². The summed E-state index contributed by atoms with van der Waals surface area (Å²) >= 11 is 0. The van der Waals surface area contributed by atoms with Crippen LogP contribution in [0.3, 0.4) is 0 Å². The summed E-state index contributed by atoms with van der Waals surface area (Å²) in [5.74, 6) is -1.05. The first kappa shape index (κ1) is 15.9. The van der Waals surface area contributed by atoms with Crippen molar-refractivity contribution in [3.63, 3.8) is 0 Å². The molecule has 2 aliphatic rings. The smallest absolute Gasteiger partial charge is 0.249 e. The Morgan fingerprint density at radius 2 is 2.10 bits per heavy atom. The molecule has 2 unspecified atom stereocenters. The fraction of sp³-hybridized carbons (Fsp3) is 0.769. The van der Waals surface area contributed by atoms with E-state index in [4.69, 9.17) is 0 Å². The fourth-order valence-electron chi connectivity index (χ4n) is 3.01. The van der Waals surface area contributed by atoms with E-state index in [9.17, 15) is 22.8 Å². The van der Waals surface area contributed by atoms with Crippen LogP contribution in [0.25, 0.3) is 0 Å². The molecule has 2 aliphatic heterocycles. The molecular formula is C13H20N2O5S. The van der Waals surface area contributed by atoms with Crippen molar-refractivity contribution in [3.05, 3.63) is 0 Å². The molecule has 2 heterocycles. The monoisotopic (exact) mass is 316 g/mol. The molecule has 0 aromatic carbocycles. The number of sulfone groups is 1. The number of hydrogen-bond donors (Lipinski definition) is 1. The van der Waals surface area contributed by atoms with E-state index in [1.54, 1.807) is 6.92 Å². The molecule has 2 atom stereocenters. The highest BCUT2D eigenvalue weighted by atomic mass is 32.2. The van der Waals surface area contributed by atoms with Gasteiger partial charge in [-0.3, -0.25) is 19.7 Å². The number of likely N-dealkylation sites (N-methyl/N-ethyl adjacent to an activating group) is 1. The van der Waals surface area contributed by atoms with Crippen LogP contribution in [0, 0.1) is 5.92 Å². The molecule has 2 rings (SSSR count). The number of nitrogens with one attached hydrogen (secondary N) is 1. The Kier molecular flexibility index (Phi) is 4.65. The molecule has 0 saturated carbocycles. The predicted molar refractivity (Wildman–Crippen MR) is 74.9 cm³/mol. The first-order valence-corrected chi connectivity index (χ1v) is 8.98. The van der Waals surface area contributed by atoms with Crippen LogP contribution in [0.4, 0.5) is 0 Å². The Morgan fingerprint density at radius 1 is 1.38 bits per heavy atom. The molecule has 0 aliphatic carbocycles.